The molecule has 29 heavy (non-hydrogen) atoms. The van der Waals surface area contributed by atoms with E-state index < -0.39 is 47.1 Å². The Morgan fingerprint density at radius 2 is 1.72 bits per heavy atom. The Kier molecular flexibility index (Phi) is 5.50. The summed E-state index contributed by atoms with van der Waals surface area (Å²) in [7, 11) is 0. The third-order valence-corrected chi connectivity index (χ3v) is 5.11. The summed E-state index contributed by atoms with van der Waals surface area (Å²) >= 11 is 11.7. The van der Waals surface area contributed by atoms with E-state index in [1.54, 1.807) is 0 Å². The van der Waals surface area contributed by atoms with Crippen molar-refractivity contribution in [1.82, 2.24) is 10.6 Å². The Labute approximate surface area is 171 Å². The maximum atomic E-state index is 14.5. The largest absolute Gasteiger partial charge is 0.437 e. The third kappa shape index (κ3) is 3.77. The van der Waals surface area contributed by atoms with Gasteiger partial charge in [0.1, 0.15) is 11.7 Å². The number of hydrogen-bond donors (Lipinski definition) is 3. The first kappa shape index (κ1) is 21.4. The summed E-state index contributed by atoms with van der Waals surface area (Å²) < 4.78 is 55.8. The molecule has 3 N–H and O–H groups in total. The van der Waals surface area contributed by atoms with Gasteiger partial charge in [0.25, 0.3) is 0 Å². The summed E-state index contributed by atoms with van der Waals surface area (Å²) in [4.78, 5) is 24.9. The van der Waals surface area contributed by atoms with Gasteiger partial charge in [0, 0.05) is 21.2 Å². The van der Waals surface area contributed by atoms with Gasteiger partial charge in [0.2, 0.25) is 5.72 Å². The highest BCUT2D eigenvalue weighted by Crippen LogP contribution is 2.45. The van der Waals surface area contributed by atoms with Crippen LogP contribution >= 0.6 is 23.2 Å². The van der Waals surface area contributed by atoms with Crippen molar-refractivity contribution in [2.75, 3.05) is 0 Å². The smallest absolute Gasteiger partial charge is 0.363 e. The Morgan fingerprint density at radius 1 is 1.10 bits per heavy atom. The molecule has 0 aromatic heterocycles. The number of benzene rings is 2. The Balaban J connectivity index is 2.23. The number of ketones is 1. The zero-order valence-electron chi connectivity index (χ0n) is 14.2. The van der Waals surface area contributed by atoms with Gasteiger partial charge in [-0.15, -0.1) is 0 Å². The molecule has 1 heterocycles. The first-order valence-corrected chi connectivity index (χ1v) is 8.83. The summed E-state index contributed by atoms with van der Waals surface area (Å²) in [5.74, 6) is -4.66. The lowest BCUT2D eigenvalue weighted by Gasteiger charge is -2.45. The monoisotopic (exact) mass is 450 g/mol. The van der Waals surface area contributed by atoms with Crippen LogP contribution in [0.1, 0.15) is 22.0 Å². The number of carbonyl (C=O) groups excluding carboxylic acids is 2. The van der Waals surface area contributed by atoms with Crippen LogP contribution in [0.25, 0.3) is 0 Å². The number of urea groups is 1. The Morgan fingerprint density at radius 3 is 2.28 bits per heavy atom. The lowest BCUT2D eigenvalue weighted by Crippen LogP contribution is -2.72. The molecule has 0 saturated carbocycles. The first-order valence-electron chi connectivity index (χ1n) is 8.07. The van der Waals surface area contributed by atoms with E-state index in [0.29, 0.717) is 0 Å². The summed E-state index contributed by atoms with van der Waals surface area (Å²) in [5, 5.41) is 13.7. The molecule has 1 saturated heterocycles. The van der Waals surface area contributed by atoms with Gasteiger partial charge in [-0.1, -0.05) is 29.3 Å². The molecule has 3 atom stereocenters. The van der Waals surface area contributed by atoms with E-state index in [4.69, 9.17) is 23.2 Å². The number of alkyl halides is 3. The topological polar surface area (TPSA) is 78.4 Å². The number of aliphatic hydroxyl groups is 1. The second-order valence-corrected chi connectivity index (χ2v) is 7.17. The molecular weight excluding hydrogens is 439 g/mol. The summed E-state index contributed by atoms with van der Waals surface area (Å²) in [6.45, 7) is 0. The van der Waals surface area contributed by atoms with Crippen LogP contribution < -0.4 is 10.6 Å². The van der Waals surface area contributed by atoms with E-state index >= 15 is 0 Å². The van der Waals surface area contributed by atoms with Crippen LogP contribution in [0.5, 0.6) is 0 Å². The Bertz CT molecular complexity index is 948. The molecule has 5 nitrogen and oxygen atoms in total. The minimum Gasteiger partial charge on any atom is -0.363 e. The van der Waals surface area contributed by atoms with Gasteiger partial charge in [-0.05, 0) is 36.4 Å². The van der Waals surface area contributed by atoms with Crippen molar-refractivity contribution in [3.63, 3.8) is 0 Å². The summed E-state index contributed by atoms with van der Waals surface area (Å²) in [5.41, 5.74) is -4.78. The number of halogens is 6. The zero-order valence-corrected chi connectivity index (χ0v) is 15.7. The van der Waals surface area contributed by atoms with E-state index in [0.717, 1.165) is 18.2 Å². The van der Waals surface area contributed by atoms with Crippen molar-refractivity contribution in [1.29, 1.82) is 0 Å². The van der Waals surface area contributed by atoms with E-state index in [1.165, 1.54) is 29.6 Å². The number of nitrogens with one attached hydrogen (secondary N) is 2. The number of Topliss-reactive ketones (excluding diaryl/α,β-unsaturated/α-hetero) is 1. The van der Waals surface area contributed by atoms with Crippen molar-refractivity contribution in [3.8, 4) is 0 Å². The van der Waals surface area contributed by atoms with E-state index in [9.17, 15) is 32.3 Å². The predicted octanol–water partition coefficient (Wildman–Crippen LogP) is 4.24. The molecule has 0 bridgehead atoms. The zero-order chi connectivity index (χ0) is 21.6. The average molecular weight is 451 g/mol. The molecule has 0 radical (unpaired) electrons. The average Bonchev–Trinajstić information content (AvgIpc) is 2.60. The number of rotatable bonds is 3. The van der Waals surface area contributed by atoms with Crippen LogP contribution in [0.15, 0.2) is 42.5 Å². The predicted molar refractivity (Wildman–Crippen MR) is 96.1 cm³/mol. The molecule has 0 unspecified atom stereocenters. The fraction of sp³-hybridized carbons (Fsp3) is 0.222. The molecule has 1 fully saturated rings. The van der Waals surface area contributed by atoms with E-state index in [-0.39, 0.29) is 15.6 Å². The number of carbonyl (C=O) groups is 2. The van der Waals surface area contributed by atoms with E-state index in [1.807, 2.05) is 0 Å². The van der Waals surface area contributed by atoms with Gasteiger partial charge >= 0.3 is 12.2 Å². The van der Waals surface area contributed by atoms with Crippen LogP contribution in [0.3, 0.4) is 0 Å². The van der Waals surface area contributed by atoms with Gasteiger partial charge in [-0.25, -0.2) is 9.18 Å². The molecule has 1 aliphatic rings. The normalized spacial score (nSPS) is 24.6. The highest BCUT2D eigenvalue weighted by atomic mass is 35.5. The molecule has 0 aliphatic carbocycles. The van der Waals surface area contributed by atoms with E-state index in [2.05, 4.69) is 5.32 Å². The lowest BCUT2D eigenvalue weighted by atomic mass is 9.77. The number of hydrogen-bond acceptors (Lipinski definition) is 3. The SMILES string of the molecule is O=C1N[C@@H](c2c(F)cccc2Cl)[C@H](C(=O)c2ccc(Cl)cc2)[C@@](O)(C(F)(F)F)N1. The second kappa shape index (κ2) is 7.47. The molecule has 11 heteroatoms. The second-order valence-electron chi connectivity index (χ2n) is 6.32. The molecule has 2 aromatic carbocycles. The van der Waals surface area contributed by atoms with Crippen LogP contribution in [0.4, 0.5) is 22.4 Å². The molecule has 1 aliphatic heterocycles. The van der Waals surface area contributed by atoms with Crippen LogP contribution in [0.2, 0.25) is 10.0 Å². The van der Waals surface area contributed by atoms with Crippen molar-refractivity contribution in [2.45, 2.75) is 17.9 Å². The minimum atomic E-state index is -5.46. The maximum absolute atomic E-state index is 14.5. The van der Waals surface area contributed by atoms with Crippen LogP contribution in [-0.2, 0) is 0 Å². The van der Waals surface area contributed by atoms with Crippen molar-refractivity contribution >= 4 is 35.0 Å². The van der Waals surface area contributed by atoms with Crippen LogP contribution in [0, 0.1) is 11.7 Å². The number of amides is 2. The molecule has 3 rings (SSSR count). The third-order valence-electron chi connectivity index (χ3n) is 4.53. The first-order chi connectivity index (χ1) is 13.5. The lowest BCUT2D eigenvalue weighted by molar-refractivity contribution is -0.287. The van der Waals surface area contributed by atoms with Gasteiger partial charge < -0.3 is 15.7 Å². The van der Waals surface area contributed by atoms with Crippen molar-refractivity contribution in [3.05, 3.63) is 69.5 Å². The fourth-order valence-corrected chi connectivity index (χ4v) is 3.59. The highest BCUT2D eigenvalue weighted by molar-refractivity contribution is 6.31. The molecule has 154 valence electrons. The Hall–Kier alpha value is -2.36. The van der Waals surface area contributed by atoms with Gasteiger partial charge in [-0.3, -0.25) is 4.79 Å². The summed E-state index contributed by atoms with van der Waals surface area (Å²) in [6, 6.07) is 4.77. The van der Waals surface area contributed by atoms with Crippen LogP contribution in [-0.4, -0.2) is 28.8 Å². The molecular formula is C18H12Cl2F4N2O3. The molecule has 2 amide bonds. The van der Waals surface area contributed by atoms with Gasteiger partial charge in [-0.2, -0.15) is 13.2 Å². The van der Waals surface area contributed by atoms with Crippen molar-refractivity contribution < 1.29 is 32.3 Å². The van der Waals surface area contributed by atoms with Crippen molar-refractivity contribution in [2.24, 2.45) is 5.92 Å². The highest BCUT2D eigenvalue weighted by Gasteiger charge is 2.66. The minimum absolute atomic E-state index is 0.219. The fourth-order valence-electron chi connectivity index (χ4n) is 3.18. The van der Waals surface area contributed by atoms with Gasteiger partial charge in [0.15, 0.2) is 5.78 Å². The standard InChI is InChI=1S/C18H12Cl2F4N2O3/c19-9-6-4-8(5-7-9)15(27)13-14(12-10(20)2-1-3-11(12)21)25-16(28)26-17(13,29)18(22,23)24/h1-7,13-14,29H,(H2,25,26,28)/t13-,14+,17-/m1/s1. The maximum Gasteiger partial charge on any atom is 0.437 e. The molecule has 0 spiro atoms. The molecule has 2 aromatic rings. The quantitative estimate of drug-likeness (QED) is 0.483. The van der Waals surface area contributed by atoms with Gasteiger partial charge in [0.05, 0.1) is 6.04 Å². The summed E-state index contributed by atoms with van der Waals surface area (Å²) in [6.07, 6.45) is -5.46.